The second-order valence-electron chi connectivity index (χ2n) is 19.9. The zero-order valence-electron chi connectivity index (χ0n) is 47.6. The van der Waals surface area contributed by atoms with Crippen LogP contribution in [0.1, 0.15) is 52.7 Å². The molecular formula is C47H70N10O27S4. The molecule has 0 aliphatic carbocycles. The Hall–Kier alpha value is -7.42. The highest BCUT2D eigenvalue weighted by atomic mass is 32.3. The second-order valence-corrected chi connectivity index (χ2v) is 24.3. The molecule has 9 amide bonds. The van der Waals surface area contributed by atoms with Gasteiger partial charge in [0.15, 0.2) is 6.04 Å². The van der Waals surface area contributed by atoms with Crippen LogP contribution in [0.2, 0.25) is 0 Å². The molecule has 2 aromatic carbocycles. The number of rotatable bonds is 38. The first-order valence-corrected chi connectivity index (χ1v) is 31.3. The lowest BCUT2D eigenvalue weighted by Gasteiger charge is -2.29. The van der Waals surface area contributed by atoms with Crippen molar-refractivity contribution >= 4 is 101 Å². The molecule has 0 spiro atoms. The third-order valence-electron chi connectivity index (χ3n) is 11.8. The summed E-state index contributed by atoms with van der Waals surface area (Å²) in [7, 11) is -21.0. The van der Waals surface area contributed by atoms with E-state index in [2.05, 4.69) is 53.9 Å². The number of carboxylic acid groups (broad SMARTS) is 1. The van der Waals surface area contributed by atoms with Gasteiger partial charge >= 0.3 is 47.6 Å². The lowest BCUT2D eigenvalue weighted by Crippen LogP contribution is -2.62. The zero-order chi connectivity index (χ0) is 67.1. The van der Waals surface area contributed by atoms with Crippen LogP contribution in [0.5, 0.6) is 0 Å². The summed E-state index contributed by atoms with van der Waals surface area (Å²) in [5, 5.41) is 29.3. The van der Waals surface area contributed by atoms with E-state index in [9.17, 15) is 91.3 Å². The number of carbonyl (C=O) groups excluding carboxylic acids is 9. The molecule has 37 nitrogen and oxygen atoms in total. The van der Waals surface area contributed by atoms with Crippen LogP contribution in [0.15, 0.2) is 60.7 Å². The standard InChI is InChI=1S/C47H70N10O27S4/c1-24(2)36(44(64)52-33(22-83-87(75,76)77)43(63)54-34(47(67)68)23-84-88(78,79)80)55-35(58)19-49-40(60)30(17-27-13-9-7-10-14-27)50-42(62)32(21-82-86(72,73)74)53-46(66)38(26(5)6)57-41(61)31(18-28-15-11-8-12-16-28)51-45(65)37(25(3)4)56-39(59)29(48)20-81-85(69,70)71/h7-16,24-26,29-34,36-38H,17-23,48H2,1-6H3,(H,49,60)(H,50,62)(H,51,65)(H,52,64)(H,53,66)(H,54,63)(H,55,58)(H,56,59)(H,57,61)(H,67,68)(H,69,70,71)(H,72,73,74)(H,75,76,77)(H,78,79,80)/t29-,30-,31-,32-,33-,34-,36-,37-,38-/m0/s1. The monoisotopic (exact) mass is 1330 g/mol. The molecule has 88 heavy (non-hydrogen) atoms. The predicted molar refractivity (Wildman–Crippen MR) is 299 cm³/mol. The quantitative estimate of drug-likeness (QED) is 0.0278. The van der Waals surface area contributed by atoms with Gasteiger partial charge in [-0.1, -0.05) is 102 Å². The average molecular weight is 1340 g/mol. The molecule has 0 heterocycles. The second kappa shape index (κ2) is 34.9. The molecule has 0 aliphatic heterocycles. The summed E-state index contributed by atoms with van der Waals surface area (Å²) in [6.45, 7) is 2.30. The lowest BCUT2D eigenvalue weighted by molar-refractivity contribution is -0.143. The van der Waals surface area contributed by atoms with E-state index in [0.717, 1.165) is 0 Å². The maximum absolute atomic E-state index is 14.2. The van der Waals surface area contributed by atoms with E-state index in [0.29, 0.717) is 11.1 Å². The molecule has 0 unspecified atom stereocenters. The van der Waals surface area contributed by atoms with E-state index in [1.165, 1.54) is 65.8 Å². The number of benzene rings is 2. The molecule has 2 aromatic rings. The Balaban J connectivity index is 2.44. The summed E-state index contributed by atoms with van der Waals surface area (Å²) in [6, 6.07) is -0.766. The Kier molecular flexibility index (Phi) is 30.5. The van der Waals surface area contributed by atoms with Crippen LogP contribution in [0.25, 0.3) is 0 Å². The van der Waals surface area contributed by atoms with Crippen molar-refractivity contribution in [1.29, 1.82) is 0 Å². The van der Waals surface area contributed by atoms with Gasteiger partial charge in [-0.3, -0.25) is 61.4 Å². The van der Waals surface area contributed by atoms with Gasteiger partial charge < -0.3 is 58.7 Å². The molecule has 494 valence electrons. The smallest absolute Gasteiger partial charge is 0.397 e. The number of carboxylic acids is 1. The van der Waals surface area contributed by atoms with Crippen LogP contribution < -0.4 is 53.6 Å². The highest BCUT2D eigenvalue weighted by molar-refractivity contribution is 7.81. The minimum Gasteiger partial charge on any atom is -0.480 e. The third-order valence-corrected chi connectivity index (χ3v) is 13.5. The molecule has 16 N–H and O–H groups in total. The average Bonchev–Trinajstić information content (AvgIpc) is 1.52. The molecule has 2 rings (SSSR count). The van der Waals surface area contributed by atoms with Crippen molar-refractivity contribution in [3.05, 3.63) is 71.8 Å². The fourth-order valence-corrected chi connectivity index (χ4v) is 8.56. The van der Waals surface area contributed by atoms with Gasteiger partial charge in [-0.2, -0.15) is 33.7 Å². The molecule has 0 fully saturated rings. The molecule has 0 bridgehead atoms. The van der Waals surface area contributed by atoms with Crippen LogP contribution in [-0.4, -0.2) is 203 Å². The van der Waals surface area contributed by atoms with Crippen molar-refractivity contribution in [2.45, 2.75) is 109 Å². The first-order valence-electron chi connectivity index (χ1n) is 25.8. The molecule has 41 heteroatoms. The summed E-state index contributed by atoms with van der Waals surface area (Å²) in [6.07, 6.45) is -0.647. The van der Waals surface area contributed by atoms with Gasteiger partial charge in [0, 0.05) is 12.8 Å². The van der Waals surface area contributed by atoms with E-state index in [4.69, 9.17) is 19.4 Å². The molecule has 0 radical (unpaired) electrons. The Morgan fingerprint density at radius 3 is 1.06 bits per heavy atom. The third kappa shape index (κ3) is 30.0. The molecule has 0 saturated carbocycles. The first kappa shape index (κ1) is 76.7. The molecular weight excluding hydrogens is 1260 g/mol. The fourth-order valence-electron chi connectivity index (χ4n) is 7.32. The van der Waals surface area contributed by atoms with Crippen LogP contribution in [0.4, 0.5) is 0 Å². The Morgan fingerprint density at radius 2 is 0.693 bits per heavy atom. The van der Waals surface area contributed by atoms with Crippen LogP contribution >= 0.6 is 0 Å². The van der Waals surface area contributed by atoms with E-state index >= 15 is 0 Å². The lowest BCUT2D eigenvalue weighted by atomic mass is 9.99. The van der Waals surface area contributed by atoms with Crippen LogP contribution in [-0.2, 0) is 119 Å². The highest BCUT2D eigenvalue weighted by Gasteiger charge is 2.37. The van der Waals surface area contributed by atoms with E-state index in [1.54, 1.807) is 41.7 Å². The summed E-state index contributed by atoms with van der Waals surface area (Å²) >= 11 is 0. The van der Waals surface area contributed by atoms with Gasteiger partial charge in [0.1, 0.15) is 48.3 Å². The summed E-state index contributed by atoms with van der Waals surface area (Å²) in [4.78, 5) is 135. The van der Waals surface area contributed by atoms with Crippen molar-refractivity contribution in [3.8, 4) is 0 Å². The maximum atomic E-state index is 14.2. The van der Waals surface area contributed by atoms with Crippen molar-refractivity contribution < 1.29 is 122 Å². The van der Waals surface area contributed by atoms with Gasteiger partial charge in [0.2, 0.25) is 53.2 Å². The van der Waals surface area contributed by atoms with Gasteiger partial charge in [-0.15, -0.1) is 0 Å². The number of aliphatic carboxylic acids is 1. The number of hydrogen-bond donors (Lipinski definition) is 15. The number of amides is 9. The number of nitrogens with one attached hydrogen (secondary N) is 9. The Morgan fingerprint density at radius 1 is 0.398 bits per heavy atom. The maximum Gasteiger partial charge on any atom is 0.397 e. The summed E-state index contributed by atoms with van der Waals surface area (Å²) in [5.74, 6) is -15.4. The minimum atomic E-state index is -5.38. The Bertz CT molecular complexity index is 3230. The van der Waals surface area contributed by atoms with Crippen LogP contribution in [0, 0.1) is 17.8 Å². The van der Waals surface area contributed by atoms with E-state index in [1.807, 2.05) is 5.32 Å². The number of carbonyl (C=O) groups is 10. The zero-order valence-corrected chi connectivity index (χ0v) is 50.8. The predicted octanol–water partition coefficient (Wildman–Crippen LogP) is -5.88. The highest BCUT2D eigenvalue weighted by Crippen LogP contribution is 2.12. The van der Waals surface area contributed by atoms with E-state index < -0.39 is 212 Å². The van der Waals surface area contributed by atoms with E-state index in [-0.39, 0.29) is 6.42 Å². The Labute approximate surface area is 505 Å². The van der Waals surface area contributed by atoms with Gasteiger partial charge in [-0.05, 0) is 28.9 Å². The number of nitrogens with two attached hydrogens (primary N) is 1. The summed E-state index contributed by atoms with van der Waals surface area (Å²) < 4.78 is 144. The van der Waals surface area contributed by atoms with Gasteiger partial charge in [-0.25, -0.2) is 21.5 Å². The van der Waals surface area contributed by atoms with Crippen molar-refractivity contribution in [2.75, 3.05) is 33.0 Å². The minimum absolute atomic E-state index is 0.251. The van der Waals surface area contributed by atoms with Gasteiger partial charge in [0.25, 0.3) is 0 Å². The first-order chi connectivity index (χ1) is 40.6. The topological polar surface area (TPSA) is 580 Å². The normalized spacial score (nSPS) is 15.1. The van der Waals surface area contributed by atoms with Crippen molar-refractivity contribution in [1.82, 2.24) is 47.9 Å². The number of hydrogen-bond acceptors (Lipinski definition) is 23. The largest absolute Gasteiger partial charge is 0.480 e. The fraction of sp³-hybridized carbons (Fsp3) is 0.532. The van der Waals surface area contributed by atoms with Gasteiger partial charge in [0.05, 0.1) is 33.0 Å². The van der Waals surface area contributed by atoms with Crippen LogP contribution in [0.3, 0.4) is 0 Å². The SMILES string of the molecule is CC(C)[C@H](NC(=O)CNC(=O)[C@H](Cc1ccccc1)NC(=O)[C@H](COS(=O)(=O)O)NC(=O)[C@@H](NC(=O)[C@H](Cc1ccccc1)NC(=O)[C@@H](NC(=O)[C@@H](N)COS(=O)(=O)O)C(C)C)C(C)C)C(=O)N[C@@H](COS(=O)(=O)O)C(=O)N[C@@H](COS(=O)(=O)O)C(=O)O. The van der Waals surface area contributed by atoms with Crippen molar-refractivity contribution in [3.63, 3.8) is 0 Å². The molecule has 9 atom stereocenters. The van der Waals surface area contributed by atoms with Crippen molar-refractivity contribution in [2.24, 2.45) is 23.5 Å². The molecule has 0 aliphatic rings. The molecule has 0 aromatic heterocycles. The molecule has 0 saturated heterocycles. The summed E-state index contributed by atoms with van der Waals surface area (Å²) in [5.41, 5.74) is 6.51.